The molecule has 0 bridgehead atoms. The third kappa shape index (κ3) is 8.17. The zero-order valence-electron chi connectivity index (χ0n) is 9.28. The maximum absolute atomic E-state index is 12.1. The molecule has 0 aromatic carbocycles. The molecular weight excluding hydrogens is 225 g/mol. The van der Waals surface area contributed by atoms with Crippen molar-refractivity contribution < 1.29 is 21.8 Å². The molecule has 0 aromatic heterocycles. The molecule has 0 saturated carbocycles. The van der Waals surface area contributed by atoms with Gasteiger partial charge in [-0.05, 0) is 20.8 Å². The second kappa shape index (κ2) is 4.78. The molecule has 0 saturated heterocycles. The molecule has 5 nitrogen and oxygen atoms in total. The second-order valence-corrected chi connectivity index (χ2v) is 5.63. The van der Waals surface area contributed by atoms with Crippen molar-refractivity contribution in [2.45, 2.75) is 26.4 Å². The molecule has 0 aliphatic rings. The summed E-state index contributed by atoms with van der Waals surface area (Å²) in [6, 6.07) is 0. The van der Waals surface area contributed by atoms with E-state index >= 15 is 0 Å². The van der Waals surface area contributed by atoms with Crippen LogP contribution in [-0.4, -0.2) is 44.4 Å². The summed E-state index contributed by atoms with van der Waals surface area (Å²) in [7, 11) is -3.20. The van der Waals surface area contributed by atoms with Crippen LogP contribution in [0.25, 0.3) is 0 Å². The smallest absolute Gasteiger partial charge is 0.410 e. The van der Waals surface area contributed by atoms with E-state index in [1.54, 1.807) is 20.8 Å². The van der Waals surface area contributed by atoms with Crippen LogP contribution in [0, 0.1) is 0 Å². The van der Waals surface area contributed by atoms with Gasteiger partial charge in [0, 0.05) is 13.6 Å². The summed E-state index contributed by atoms with van der Waals surface area (Å²) in [5, 5.41) is 0. The highest BCUT2D eigenvalue weighted by Crippen LogP contribution is 2.09. The van der Waals surface area contributed by atoms with Crippen LogP contribution in [0.2, 0.25) is 0 Å². The number of hydrogen-bond acceptors (Lipinski definition) is 4. The molecule has 0 aliphatic heterocycles. The summed E-state index contributed by atoms with van der Waals surface area (Å²) >= 11 is 0. The van der Waals surface area contributed by atoms with E-state index in [4.69, 9.17) is 4.74 Å². The fraction of sp³-hybridized carbons (Fsp3) is 0.875. The van der Waals surface area contributed by atoms with E-state index < -0.39 is 27.7 Å². The molecule has 0 rings (SSSR count). The van der Waals surface area contributed by atoms with E-state index in [1.165, 1.54) is 7.05 Å². The molecular formula is C8H16FNO4S. The van der Waals surface area contributed by atoms with Gasteiger partial charge in [-0.25, -0.2) is 4.79 Å². The number of carbonyl (C=O) groups is 1. The number of nitrogens with zero attached hydrogens (tertiary/aromatic N) is 1. The fourth-order valence-electron chi connectivity index (χ4n) is 0.677. The van der Waals surface area contributed by atoms with Gasteiger partial charge in [-0.2, -0.15) is 8.42 Å². The van der Waals surface area contributed by atoms with Gasteiger partial charge in [0.15, 0.2) is 0 Å². The number of ether oxygens (including phenoxy) is 1. The second-order valence-electron chi connectivity index (χ2n) is 4.14. The van der Waals surface area contributed by atoms with Crippen molar-refractivity contribution in [2.24, 2.45) is 0 Å². The van der Waals surface area contributed by atoms with Gasteiger partial charge in [0.25, 0.3) is 0 Å². The molecule has 0 aromatic rings. The summed E-state index contributed by atoms with van der Waals surface area (Å²) in [6.45, 7) is 4.83. The first-order valence-corrected chi connectivity index (χ1v) is 5.93. The minimum atomic E-state index is -4.55. The molecule has 7 heteroatoms. The lowest BCUT2D eigenvalue weighted by molar-refractivity contribution is 0.0309. The normalized spacial score (nSPS) is 12.3. The molecule has 0 fully saturated rings. The average molecular weight is 241 g/mol. The Morgan fingerprint density at radius 1 is 1.40 bits per heavy atom. The van der Waals surface area contributed by atoms with Crippen LogP contribution in [-0.2, 0) is 15.0 Å². The topological polar surface area (TPSA) is 63.7 Å². The number of rotatable bonds is 3. The average Bonchev–Trinajstić information content (AvgIpc) is 1.95. The molecule has 0 aliphatic carbocycles. The standard InChI is InChI=1S/C8H16FNO4S/c1-8(2,3)14-7(11)10(4)5-6-15(9,12)13/h5-6H2,1-4H3. The van der Waals surface area contributed by atoms with Crippen LogP contribution >= 0.6 is 0 Å². The van der Waals surface area contributed by atoms with E-state index in [9.17, 15) is 17.1 Å². The molecule has 0 heterocycles. The van der Waals surface area contributed by atoms with Crippen molar-refractivity contribution in [3.8, 4) is 0 Å². The molecule has 0 radical (unpaired) electrons. The van der Waals surface area contributed by atoms with Gasteiger partial charge in [-0.1, -0.05) is 0 Å². The molecule has 0 spiro atoms. The lowest BCUT2D eigenvalue weighted by Gasteiger charge is -2.24. The first kappa shape index (κ1) is 14.2. The van der Waals surface area contributed by atoms with Crippen LogP contribution < -0.4 is 0 Å². The van der Waals surface area contributed by atoms with Gasteiger partial charge in [0.2, 0.25) is 0 Å². The van der Waals surface area contributed by atoms with Crippen LogP contribution in [0.1, 0.15) is 20.8 Å². The summed E-state index contributed by atoms with van der Waals surface area (Å²) in [5.74, 6) is -0.720. The van der Waals surface area contributed by atoms with Crippen molar-refractivity contribution in [3.05, 3.63) is 0 Å². The van der Waals surface area contributed by atoms with E-state index in [0.29, 0.717) is 0 Å². The quantitative estimate of drug-likeness (QED) is 0.695. The molecule has 0 atom stereocenters. The van der Waals surface area contributed by atoms with Crippen LogP contribution in [0.4, 0.5) is 8.68 Å². The minimum Gasteiger partial charge on any atom is -0.444 e. The Bertz CT molecular complexity index is 320. The highest BCUT2D eigenvalue weighted by Gasteiger charge is 2.20. The van der Waals surface area contributed by atoms with Crippen LogP contribution in [0.3, 0.4) is 0 Å². The lowest BCUT2D eigenvalue weighted by atomic mass is 10.2. The summed E-state index contributed by atoms with van der Waals surface area (Å²) in [6.07, 6.45) is -0.675. The van der Waals surface area contributed by atoms with Gasteiger partial charge in [0.1, 0.15) is 5.60 Å². The SMILES string of the molecule is CN(CCS(=O)(=O)F)C(=O)OC(C)(C)C. The largest absolute Gasteiger partial charge is 0.444 e. The van der Waals surface area contributed by atoms with Crippen molar-refractivity contribution in [2.75, 3.05) is 19.3 Å². The minimum absolute atomic E-state index is 0.228. The van der Waals surface area contributed by atoms with Crippen molar-refractivity contribution in [1.82, 2.24) is 4.90 Å². The Balaban J connectivity index is 4.12. The summed E-state index contributed by atoms with van der Waals surface area (Å²) in [5.41, 5.74) is -0.653. The van der Waals surface area contributed by atoms with E-state index in [0.717, 1.165) is 4.90 Å². The summed E-state index contributed by atoms with van der Waals surface area (Å²) < 4.78 is 37.5. The van der Waals surface area contributed by atoms with Gasteiger partial charge >= 0.3 is 16.3 Å². The van der Waals surface area contributed by atoms with Crippen molar-refractivity contribution in [3.63, 3.8) is 0 Å². The maximum Gasteiger partial charge on any atom is 0.410 e. The molecule has 0 unspecified atom stereocenters. The highest BCUT2D eigenvalue weighted by atomic mass is 32.3. The predicted molar refractivity (Wildman–Crippen MR) is 53.8 cm³/mol. The van der Waals surface area contributed by atoms with Gasteiger partial charge in [-0.15, -0.1) is 3.89 Å². The summed E-state index contributed by atoms with van der Waals surface area (Å²) in [4.78, 5) is 12.3. The number of hydrogen-bond donors (Lipinski definition) is 0. The first-order chi connectivity index (χ1) is 6.51. The zero-order valence-corrected chi connectivity index (χ0v) is 10.1. The van der Waals surface area contributed by atoms with Crippen LogP contribution in [0.15, 0.2) is 0 Å². The number of carbonyl (C=O) groups excluding carboxylic acids is 1. The van der Waals surface area contributed by atoms with E-state index in [2.05, 4.69) is 0 Å². The Morgan fingerprint density at radius 3 is 2.20 bits per heavy atom. The Hall–Kier alpha value is -0.850. The monoisotopic (exact) mass is 241 g/mol. The predicted octanol–water partition coefficient (Wildman–Crippen LogP) is 1.15. The van der Waals surface area contributed by atoms with Crippen molar-refractivity contribution >= 4 is 16.3 Å². The fourth-order valence-corrected chi connectivity index (χ4v) is 1.17. The molecule has 90 valence electrons. The van der Waals surface area contributed by atoms with E-state index in [1.807, 2.05) is 0 Å². The van der Waals surface area contributed by atoms with Gasteiger partial charge < -0.3 is 9.64 Å². The van der Waals surface area contributed by atoms with Gasteiger partial charge in [-0.3, -0.25) is 0 Å². The Kier molecular flexibility index (Phi) is 4.51. The van der Waals surface area contributed by atoms with Crippen LogP contribution in [0.5, 0.6) is 0 Å². The third-order valence-corrected chi connectivity index (χ3v) is 2.05. The molecule has 15 heavy (non-hydrogen) atoms. The van der Waals surface area contributed by atoms with E-state index in [-0.39, 0.29) is 6.54 Å². The highest BCUT2D eigenvalue weighted by molar-refractivity contribution is 7.86. The maximum atomic E-state index is 12.1. The molecule has 0 N–H and O–H groups in total. The number of amides is 1. The van der Waals surface area contributed by atoms with Gasteiger partial charge in [0.05, 0.1) is 5.75 Å². The zero-order chi connectivity index (χ0) is 12.3. The molecule has 1 amide bonds. The van der Waals surface area contributed by atoms with Crippen molar-refractivity contribution in [1.29, 1.82) is 0 Å². The Labute approximate surface area is 89.4 Å². The first-order valence-electron chi connectivity index (χ1n) is 4.38. The number of halogens is 1. The Morgan fingerprint density at radius 2 is 1.87 bits per heavy atom. The lowest BCUT2D eigenvalue weighted by Crippen LogP contribution is -2.36. The third-order valence-electron chi connectivity index (χ3n) is 1.38.